The van der Waals surface area contributed by atoms with Crippen LogP contribution in [0.25, 0.3) is 0 Å². The quantitative estimate of drug-likeness (QED) is 0.880. The second-order valence-electron chi connectivity index (χ2n) is 4.62. The molecule has 0 aliphatic heterocycles. The van der Waals surface area contributed by atoms with Gasteiger partial charge in [-0.2, -0.15) is 0 Å². The van der Waals surface area contributed by atoms with Crippen molar-refractivity contribution in [1.29, 1.82) is 0 Å². The van der Waals surface area contributed by atoms with Gasteiger partial charge >= 0.3 is 0 Å². The van der Waals surface area contributed by atoms with Crippen molar-refractivity contribution in [2.24, 2.45) is 0 Å². The van der Waals surface area contributed by atoms with E-state index in [0.717, 1.165) is 17.8 Å². The maximum atomic E-state index is 3.59. The van der Waals surface area contributed by atoms with Gasteiger partial charge in [-0.3, -0.25) is 0 Å². The Bertz CT molecular complexity index is 354. The molecule has 0 amide bonds. The van der Waals surface area contributed by atoms with Crippen molar-refractivity contribution in [2.45, 2.75) is 48.8 Å². The number of nitrogens with one attached hydrogen (secondary N) is 1. The molecule has 17 heavy (non-hydrogen) atoms. The second-order valence-corrected chi connectivity index (χ2v) is 6.91. The summed E-state index contributed by atoms with van der Waals surface area (Å²) in [7, 11) is 0. The molecule has 1 aliphatic rings. The van der Waals surface area contributed by atoms with Gasteiger partial charge in [-0.05, 0) is 44.0 Å². The van der Waals surface area contributed by atoms with Crippen LogP contribution in [0.2, 0.25) is 0 Å². The minimum atomic E-state index is 0.735. The van der Waals surface area contributed by atoms with Crippen LogP contribution in [-0.4, -0.2) is 17.8 Å². The molecule has 1 nitrogen and oxygen atoms in total. The Morgan fingerprint density at radius 1 is 1.41 bits per heavy atom. The standard InChI is InChI=1S/C14H20BrNS/c1-2-16-12-6-4-8-14(10-12)17-13-7-3-5-11(15)9-13/h3,5,7,9,12,14,16H,2,4,6,8,10H2,1H3. The maximum absolute atomic E-state index is 3.59. The highest BCUT2D eigenvalue weighted by molar-refractivity contribution is 9.10. The highest BCUT2D eigenvalue weighted by atomic mass is 79.9. The molecule has 0 radical (unpaired) electrons. The lowest BCUT2D eigenvalue weighted by Gasteiger charge is -2.29. The molecule has 1 aliphatic carbocycles. The van der Waals surface area contributed by atoms with Crippen molar-refractivity contribution in [3.05, 3.63) is 28.7 Å². The largest absolute Gasteiger partial charge is 0.314 e. The van der Waals surface area contributed by atoms with Crippen molar-refractivity contribution in [3.8, 4) is 0 Å². The van der Waals surface area contributed by atoms with Gasteiger partial charge in [0.25, 0.3) is 0 Å². The highest BCUT2D eigenvalue weighted by Gasteiger charge is 2.21. The maximum Gasteiger partial charge on any atom is 0.0186 e. The van der Waals surface area contributed by atoms with E-state index in [2.05, 4.69) is 52.4 Å². The number of hydrogen-bond donors (Lipinski definition) is 1. The lowest BCUT2D eigenvalue weighted by Crippen LogP contribution is -2.34. The first kappa shape index (κ1) is 13.4. The number of rotatable bonds is 4. The SMILES string of the molecule is CCNC1CCCC(Sc2cccc(Br)c2)C1. The van der Waals surface area contributed by atoms with Crippen molar-refractivity contribution in [3.63, 3.8) is 0 Å². The molecule has 0 saturated heterocycles. The van der Waals surface area contributed by atoms with Crippen LogP contribution in [0.4, 0.5) is 0 Å². The van der Waals surface area contributed by atoms with Crippen molar-refractivity contribution in [2.75, 3.05) is 6.54 Å². The van der Waals surface area contributed by atoms with Gasteiger partial charge in [0.2, 0.25) is 0 Å². The van der Waals surface area contributed by atoms with Gasteiger partial charge in [0.05, 0.1) is 0 Å². The summed E-state index contributed by atoms with van der Waals surface area (Å²) >= 11 is 5.58. The molecule has 1 N–H and O–H groups in total. The Morgan fingerprint density at radius 3 is 3.06 bits per heavy atom. The van der Waals surface area contributed by atoms with Crippen LogP contribution < -0.4 is 5.32 Å². The van der Waals surface area contributed by atoms with Crippen LogP contribution in [0, 0.1) is 0 Å². The molecule has 1 saturated carbocycles. The summed E-state index contributed by atoms with van der Waals surface area (Å²) in [5, 5.41) is 4.37. The summed E-state index contributed by atoms with van der Waals surface area (Å²) in [6, 6.07) is 9.38. The monoisotopic (exact) mass is 313 g/mol. The van der Waals surface area contributed by atoms with E-state index >= 15 is 0 Å². The van der Waals surface area contributed by atoms with Gasteiger partial charge in [-0.25, -0.2) is 0 Å². The number of thioether (sulfide) groups is 1. The molecule has 2 rings (SSSR count). The van der Waals surface area contributed by atoms with Crippen molar-refractivity contribution in [1.82, 2.24) is 5.32 Å². The minimum absolute atomic E-state index is 0.735. The zero-order valence-electron chi connectivity index (χ0n) is 10.3. The van der Waals surface area contributed by atoms with E-state index in [1.54, 1.807) is 0 Å². The van der Waals surface area contributed by atoms with E-state index in [-0.39, 0.29) is 0 Å². The molecule has 0 bridgehead atoms. The number of benzene rings is 1. The van der Waals surface area contributed by atoms with Gasteiger partial charge in [-0.15, -0.1) is 11.8 Å². The summed E-state index contributed by atoms with van der Waals surface area (Å²) in [5.41, 5.74) is 0. The molecule has 1 fully saturated rings. The van der Waals surface area contributed by atoms with Gasteiger partial charge in [0, 0.05) is 20.7 Å². The van der Waals surface area contributed by atoms with Crippen molar-refractivity contribution < 1.29 is 0 Å². The first-order chi connectivity index (χ1) is 8.28. The fraction of sp³-hybridized carbons (Fsp3) is 0.571. The number of halogens is 1. The smallest absolute Gasteiger partial charge is 0.0186 e. The highest BCUT2D eigenvalue weighted by Crippen LogP contribution is 2.34. The van der Waals surface area contributed by atoms with E-state index in [4.69, 9.17) is 0 Å². The molecule has 2 unspecified atom stereocenters. The molecule has 3 heteroatoms. The first-order valence-electron chi connectivity index (χ1n) is 6.43. The lowest BCUT2D eigenvalue weighted by molar-refractivity contribution is 0.388. The predicted molar refractivity (Wildman–Crippen MR) is 79.7 cm³/mol. The summed E-state index contributed by atoms with van der Waals surface area (Å²) in [4.78, 5) is 1.39. The molecule has 0 heterocycles. The summed E-state index contributed by atoms with van der Waals surface area (Å²) in [6.45, 7) is 3.30. The van der Waals surface area contributed by atoms with Gasteiger partial charge in [-0.1, -0.05) is 35.3 Å². The van der Waals surface area contributed by atoms with Crippen LogP contribution in [0.5, 0.6) is 0 Å². The lowest BCUT2D eigenvalue weighted by atomic mass is 9.95. The fourth-order valence-corrected chi connectivity index (χ4v) is 4.36. The van der Waals surface area contributed by atoms with Crippen LogP contribution in [0.15, 0.2) is 33.6 Å². The molecule has 0 aromatic heterocycles. The van der Waals surface area contributed by atoms with E-state index in [1.165, 1.54) is 35.1 Å². The fourth-order valence-electron chi connectivity index (χ4n) is 2.46. The molecule has 2 atom stereocenters. The van der Waals surface area contributed by atoms with Crippen LogP contribution >= 0.6 is 27.7 Å². The second kappa shape index (κ2) is 6.81. The summed E-state index contributed by atoms with van der Waals surface area (Å²) in [6.07, 6.45) is 5.39. The van der Waals surface area contributed by atoms with Gasteiger partial charge in [0.1, 0.15) is 0 Å². The zero-order valence-corrected chi connectivity index (χ0v) is 12.7. The Kier molecular flexibility index (Phi) is 5.39. The summed E-state index contributed by atoms with van der Waals surface area (Å²) < 4.78 is 1.18. The van der Waals surface area contributed by atoms with Crippen LogP contribution in [-0.2, 0) is 0 Å². The van der Waals surface area contributed by atoms with E-state index in [0.29, 0.717) is 0 Å². The average Bonchev–Trinajstić information content (AvgIpc) is 2.30. The third-order valence-electron chi connectivity index (χ3n) is 3.22. The zero-order chi connectivity index (χ0) is 12.1. The Balaban J connectivity index is 1.90. The third-order valence-corrected chi connectivity index (χ3v) is 5.00. The summed E-state index contributed by atoms with van der Waals surface area (Å²) in [5.74, 6) is 0. The molecule has 0 spiro atoms. The average molecular weight is 314 g/mol. The third kappa shape index (κ3) is 4.31. The van der Waals surface area contributed by atoms with E-state index in [1.807, 2.05) is 11.8 Å². The van der Waals surface area contributed by atoms with Gasteiger partial charge in [0.15, 0.2) is 0 Å². The van der Waals surface area contributed by atoms with Crippen LogP contribution in [0.3, 0.4) is 0 Å². The molecular weight excluding hydrogens is 294 g/mol. The molecule has 1 aromatic rings. The Morgan fingerprint density at radius 2 is 2.29 bits per heavy atom. The van der Waals surface area contributed by atoms with Crippen molar-refractivity contribution >= 4 is 27.7 Å². The van der Waals surface area contributed by atoms with Gasteiger partial charge < -0.3 is 5.32 Å². The molecular formula is C14H20BrNS. The molecule has 1 aromatic carbocycles. The molecule has 94 valence electrons. The predicted octanol–water partition coefficient (Wildman–Crippen LogP) is 4.46. The Hall–Kier alpha value is 0.01000. The van der Waals surface area contributed by atoms with Crippen LogP contribution in [0.1, 0.15) is 32.6 Å². The first-order valence-corrected chi connectivity index (χ1v) is 8.11. The minimum Gasteiger partial charge on any atom is -0.314 e. The number of hydrogen-bond acceptors (Lipinski definition) is 2. The topological polar surface area (TPSA) is 12.0 Å². The van der Waals surface area contributed by atoms with E-state index in [9.17, 15) is 0 Å². The Labute approximate surface area is 117 Å². The van der Waals surface area contributed by atoms with E-state index < -0.39 is 0 Å². The normalized spacial score (nSPS) is 24.8.